The molecule has 0 bridgehead atoms. The lowest BCUT2D eigenvalue weighted by Gasteiger charge is -2.48. The molecule has 1 aliphatic rings. The Morgan fingerprint density at radius 2 is 2.15 bits per heavy atom. The van der Waals surface area contributed by atoms with Crippen molar-refractivity contribution in [3.63, 3.8) is 0 Å². The van der Waals surface area contributed by atoms with Gasteiger partial charge in [0, 0.05) is 43.8 Å². The third-order valence-electron chi connectivity index (χ3n) is 4.85. The first-order valence-electron chi connectivity index (χ1n) is 7.57. The van der Waals surface area contributed by atoms with E-state index in [0.717, 1.165) is 43.3 Å². The van der Waals surface area contributed by atoms with Crippen LogP contribution in [-0.2, 0) is 13.6 Å². The van der Waals surface area contributed by atoms with Crippen LogP contribution in [0.3, 0.4) is 0 Å². The van der Waals surface area contributed by atoms with Gasteiger partial charge in [-0.25, -0.2) is 0 Å². The van der Waals surface area contributed by atoms with Crippen LogP contribution in [0.15, 0.2) is 0 Å². The lowest BCUT2D eigenvalue weighted by Crippen LogP contribution is -2.62. The van der Waals surface area contributed by atoms with Crippen molar-refractivity contribution in [1.82, 2.24) is 20.0 Å². The normalized spacial score (nSPS) is 28.0. The molecule has 114 valence electrons. The first kappa shape index (κ1) is 15.8. The molecule has 0 saturated carbocycles. The Kier molecular flexibility index (Phi) is 4.77. The summed E-state index contributed by atoms with van der Waals surface area (Å²) in [7, 11) is 1.91. The summed E-state index contributed by atoms with van der Waals surface area (Å²) < 4.78 is 1.77. The third-order valence-corrected chi connectivity index (χ3v) is 5.32. The summed E-state index contributed by atoms with van der Waals surface area (Å²) in [5.41, 5.74) is 2.41. The fourth-order valence-electron chi connectivity index (χ4n) is 2.95. The number of nitrogens with one attached hydrogen (secondary N) is 1. The van der Waals surface area contributed by atoms with Gasteiger partial charge in [-0.3, -0.25) is 9.58 Å². The first-order valence-corrected chi connectivity index (χ1v) is 7.95. The van der Waals surface area contributed by atoms with Crippen LogP contribution < -0.4 is 5.32 Å². The molecule has 1 aliphatic heterocycles. The van der Waals surface area contributed by atoms with Crippen molar-refractivity contribution in [2.45, 2.75) is 58.7 Å². The molecule has 1 saturated heterocycles. The van der Waals surface area contributed by atoms with Crippen LogP contribution in [0.25, 0.3) is 0 Å². The molecule has 2 heterocycles. The Hall–Kier alpha value is -0.580. The topological polar surface area (TPSA) is 33.1 Å². The monoisotopic (exact) mass is 298 g/mol. The van der Waals surface area contributed by atoms with Crippen molar-refractivity contribution in [1.29, 1.82) is 0 Å². The second-order valence-corrected chi connectivity index (χ2v) is 6.55. The number of hydrogen-bond donors (Lipinski definition) is 1. The van der Waals surface area contributed by atoms with Crippen LogP contribution in [0.1, 0.15) is 44.9 Å². The fourth-order valence-corrected chi connectivity index (χ4v) is 3.18. The summed E-state index contributed by atoms with van der Waals surface area (Å²) in [6, 6.07) is 0.574. The fraction of sp³-hybridized carbons (Fsp3) is 0.800. The van der Waals surface area contributed by atoms with Crippen molar-refractivity contribution in [2.24, 2.45) is 7.05 Å². The predicted molar refractivity (Wildman–Crippen MR) is 84.1 cm³/mol. The highest BCUT2D eigenvalue weighted by Gasteiger charge is 2.36. The lowest BCUT2D eigenvalue weighted by atomic mass is 9.91. The van der Waals surface area contributed by atoms with E-state index in [1.165, 1.54) is 5.56 Å². The van der Waals surface area contributed by atoms with E-state index in [2.05, 4.69) is 36.1 Å². The van der Waals surface area contributed by atoms with Crippen molar-refractivity contribution in [3.8, 4) is 0 Å². The van der Waals surface area contributed by atoms with E-state index >= 15 is 0 Å². The highest BCUT2D eigenvalue weighted by molar-refractivity contribution is 6.30. The third kappa shape index (κ3) is 2.87. The highest BCUT2D eigenvalue weighted by Crippen LogP contribution is 2.29. The smallest absolute Gasteiger partial charge is 0.131 e. The van der Waals surface area contributed by atoms with Crippen molar-refractivity contribution in [2.75, 3.05) is 13.1 Å². The highest BCUT2D eigenvalue weighted by atomic mass is 35.5. The molecule has 0 spiro atoms. The summed E-state index contributed by atoms with van der Waals surface area (Å²) in [5.74, 6) is 0. The van der Waals surface area contributed by atoms with Crippen LogP contribution in [0.5, 0.6) is 0 Å². The summed E-state index contributed by atoms with van der Waals surface area (Å²) in [6.07, 6.45) is 2.30. The number of aromatic nitrogens is 2. The standard InChI is InChI=1S/C15H27ClN4/c1-6-12-8-20(15(4,7-2)10-17-12)9-13-11(3)18-19(5)14(13)16/h12,17H,6-10H2,1-5H3. The number of hydrogen-bond acceptors (Lipinski definition) is 3. The maximum Gasteiger partial charge on any atom is 0.131 e. The Labute approximate surface area is 127 Å². The molecule has 0 radical (unpaired) electrons. The lowest BCUT2D eigenvalue weighted by molar-refractivity contribution is 0.0407. The van der Waals surface area contributed by atoms with Crippen LogP contribution in [0.4, 0.5) is 0 Å². The number of piperazine rings is 1. The van der Waals surface area contributed by atoms with Gasteiger partial charge in [0.15, 0.2) is 0 Å². The minimum Gasteiger partial charge on any atom is -0.311 e. The largest absolute Gasteiger partial charge is 0.311 e. The molecule has 1 fully saturated rings. The van der Waals surface area contributed by atoms with Crippen molar-refractivity contribution in [3.05, 3.63) is 16.4 Å². The zero-order chi connectivity index (χ0) is 14.9. The zero-order valence-corrected chi connectivity index (χ0v) is 14.1. The maximum atomic E-state index is 6.40. The SMILES string of the molecule is CCC1CN(Cc2c(C)nn(C)c2Cl)C(C)(CC)CN1. The average molecular weight is 299 g/mol. The van der Waals surface area contributed by atoms with Gasteiger partial charge in [0.2, 0.25) is 0 Å². The molecule has 2 rings (SSSR count). The molecular weight excluding hydrogens is 272 g/mol. The average Bonchev–Trinajstić information content (AvgIpc) is 2.67. The minimum absolute atomic E-state index is 0.192. The molecule has 4 nitrogen and oxygen atoms in total. The zero-order valence-electron chi connectivity index (χ0n) is 13.3. The molecule has 0 aliphatic carbocycles. The van der Waals surface area contributed by atoms with E-state index in [0.29, 0.717) is 6.04 Å². The van der Waals surface area contributed by atoms with Crippen molar-refractivity contribution >= 4 is 11.6 Å². The number of rotatable bonds is 4. The Morgan fingerprint density at radius 1 is 1.45 bits per heavy atom. The van der Waals surface area contributed by atoms with E-state index in [1.807, 2.05) is 14.0 Å². The van der Waals surface area contributed by atoms with Gasteiger partial charge in [0.05, 0.1) is 5.69 Å². The molecule has 20 heavy (non-hydrogen) atoms. The van der Waals surface area contributed by atoms with E-state index < -0.39 is 0 Å². The molecular formula is C15H27ClN4. The van der Waals surface area contributed by atoms with E-state index in [-0.39, 0.29) is 5.54 Å². The predicted octanol–water partition coefficient (Wildman–Crippen LogP) is 2.73. The maximum absolute atomic E-state index is 6.40. The van der Waals surface area contributed by atoms with Crippen LogP contribution in [-0.4, -0.2) is 39.4 Å². The van der Waals surface area contributed by atoms with E-state index in [4.69, 9.17) is 11.6 Å². The van der Waals surface area contributed by atoms with E-state index in [1.54, 1.807) is 4.68 Å². The summed E-state index contributed by atoms with van der Waals surface area (Å²) in [4.78, 5) is 2.58. The summed E-state index contributed by atoms with van der Waals surface area (Å²) in [6.45, 7) is 11.9. The molecule has 0 aromatic carbocycles. The van der Waals surface area contributed by atoms with Gasteiger partial charge >= 0.3 is 0 Å². The van der Waals surface area contributed by atoms with Gasteiger partial charge in [0.25, 0.3) is 0 Å². The van der Waals surface area contributed by atoms with Gasteiger partial charge in [-0.1, -0.05) is 25.4 Å². The molecule has 2 atom stereocenters. The Bertz CT molecular complexity index is 471. The molecule has 5 heteroatoms. The summed E-state index contributed by atoms with van der Waals surface area (Å²) in [5, 5.41) is 8.87. The molecule has 0 amide bonds. The molecule has 1 aromatic rings. The minimum atomic E-state index is 0.192. The Morgan fingerprint density at radius 3 is 2.65 bits per heavy atom. The molecule has 1 aromatic heterocycles. The second-order valence-electron chi connectivity index (χ2n) is 6.20. The first-order chi connectivity index (χ1) is 9.41. The second kappa shape index (κ2) is 6.04. The number of aryl methyl sites for hydroxylation is 2. The molecule has 2 unspecified atom stereocenters. The van der Waals surface area contributed by atoms with Crippen molar-refractivity contribution < 1.29 is 0 Å². The number of nitrogens with zero attached hydrogens (tertiary/aromatic N) is 3. The van der Waals surface area contributed by atoms with Crippen LogP contribution in [0, 0.1) is 6.92 Å². The quantitative estimate of drug-likeness (QED) is 0.928. The van der Waals surface area contributed by atoms with Gasteiger partial charge in [-0.05, 0) is 26.7 Å². The van der Waals surface area contributed by atoms with Crippen LogP contribution >= 0.6 is 11.6 Å². The van der Waals surface area contributed by atoms with Gasteiger partial charge in [-0.2, -0.15) is 5.10 Å². The summed E-state index contributed by atoms with van der Waals surface area (Å²) >= 11 is 6.40. The van der Waals surface area contributed by atoms with Gasteiger partial charge in [0.1, 0.15) is 5.15 Å². The Balaban J connectivity index is 2.23. The number of halogens is 1. The molecule has 1 N–H and O–H groups in total. The van der Waals surface area contributed by atoms with Gasteiger partial charge in [-0.15, -0.1) is 0 Å². The van der Waals surface area contributed by atoms with E-state index in [9.17, 15) is 0 Å². The van der Waals surface area contributed by atoms with Gasteiger partial charge < -0.3 is 5.32 Å². The van der Waals surface area contributed by atoms with Crippen LogP contribution in [0.2, 0.25) is 5.15 Å².